The van der Waals surface area contributed by atoms with Gasteiger partial charge in [-0.3, -0.25) is 4.68 Å². The molecule has 0 radical (unpaired) electrons. The first-order chi connectivity index (χ1) is 16.1. The van der Waals surface area contributed by atoms with Crippen LogP contribution >= 0.6 is 0 Å². The van der Waals surface area contributed by atoms with Crippen molar-refractivity contribution in [2.75, 3.05) is 39.8 Å². The van der Waals surface area contributed by atoms with Crippen LogP contribution in [0.25, 0.3) is 16.6 Å². The highest BCUT2D eigenvalue weighted by molar-refractivity contribution is 5.76. The third-order valence-corrected chi connectivity index (χ3v) is 7.31. The summed E-state index contributed by atoms with van der Waals surface area (Å²) in [5.41, 5.74) is 3.02. The molecule has 10 nitrogen and oxygen atoms in total. The number of hydrogen-bond donors (Lipinski definition) is 1. The zero-order valence-electron chi connectivity index (χ0n) is 18.5. The predicted molar refractivity (Wildman–Crippen MR) is 120 cm³/mol. The Hall–Kier alpha value is -3.58. The van der Waals surface area contributed by atoms with Gasteiger partial charge in [0.05, 0.1) is 25.5 Å². The van der Waals surface area contributed by atoms with Gasteiger partial charge in [0.15, 0.2) is 0 Å². The second kappa shape index (κ2) is 7.78. The molecule has 0 aromatic carbocycles. The number of ether oxygens (including phenoxy) is 1. The molecular formula is C23H26N8O2. The van der Waals surface area contributed by atoms with E-state index in [0.29, 0.717) is 28.8 Å². The van der Waals surface area contributed by atoms with Crippen LogP contribution in [0.3, 0.4) is 0 Å². The average Bonchev–Trinajstić information content (AvgIpc) is 3.56. The summed E-state index contributed by atoms with van der Waals surface area (Å²) in [7, 11) is 1.59. The number of nitrogens with one attached hydrogen (secondary N) is 1. The maximum Gasteiger partial charge on any atom is 0.320 e. The molecule has 0 spiro atoms. The van der Waals surface area contributed by atoms with E-state index in [-0.39, 0.29) is 12.1 Å². The van der Waals surface area contributed by atoms with Gasteiger partial charge >= 0.3 is 6.03 Å². The van der Waals surface area contributed by atoms with Crippen LogP contribution in [0.5, 0.6) is 5.75 Å². The van der Waals surface area contributed by atoms with Gasteiger partial charge in [0.1, 0.15) is 22.9 Å². The highest BCUT2D eigenvalue weighted by atomic mass is 16.5. The maximum atomic E-state index is 12.9. The molecule has 3 aromatic rings. The lowest BCUT2D eigenvalue weighted by atomic mass is 9.96. The summed E-state index contributed by atoms with van der Waals surface area (Å²) in [6.07, 6.45) is 9.10. The number of rotatable bonds is 3. The number of carbonyl (C=O) groups is 1. The molecule has 6 heterocycles. The van der Waals surface area contributed by atoms with Crippen LogP contribution in [-0.2, 0) is 0 Å². The molecular weight excluding hydrogens is 420 g/mol. The average molecular weight is 447 g/mol. The van der Waals surface area contributed by atoms with Crippen molar-refractivity contribution in [2.45, 2.75) is 24.9 Å². The van der Waals surface area contributed by atoms with Crippen LogP contribution in [0.2, 0.25) is 0 Å². The summed E-state index contributed by atoms with van der Waals surface area (Å²) in [4.78, 5) is 16.9. The Morgan fingerprint density at radius 2 is 2.00 bits per heavy atom. The van der Waals surface area contributed by atoms with Gasteiger partial charge in [-0.15, -0.1) is 0 Å². The number of methoxy groups -OCH3 is 1. The van der Waals surface area contributed by atoms with Crippen molar-refractivity contribution in [3.8, 4) is 22.9 Å². The van der Waals surface area contributed by atoms with Crippen molar-refractivity contribution in [3.05, 3.63) is 36.4 Å². The van der Waals surface area contributed by atoms with Crippen LogP contribution in [0.4, 0.5) is 4.79 Å². The lowest BCUT2D eigenvalue weighted by Crippen LogP contribution is -2.52. The number of fused-ring (bicyclic) bond motifs is 2. The molecule has 6 rings (SSSR count). The van der Waals surface area contributed by atoms with E-state index in [2.05, 4.69) is 21.6 Å². The third kappa shape index (κ3) is 3.31. The molecule has 0 saturated carbocycles. The Labute approximate surface area is 191 Å². The van der Waals surface area contributed by atoms with Gasteiger partial charge < -0.3 is 19.9 Å². The summed E-state index contributed by atoms with van der Waals surface area (Å²) < 4.78 is 9.21. The molecule has 170 valence electrons. The molecule has 0 unspecified atom stereocenters. The van der Waals surface area contributed by atoms with E-state index in [4.69, 9.17) is 4.74 Å². The summed E-state index contributed by atoms with van der Waals surface area (Å²) in [6, 6.07) is 5.02. The van der Waals surface area contributed by atoms with E-state index in [1.807, 2.05) is 39.1 Å². The normalized spacial score (nSPS) is 22.8. The first-order valence-corrected chi connectivity index (χ1v) is 11.4. The van der Waals surface area contributed by atoms with Gasteiger partial charge in [0, 0.05) is 68.2 Å². The van der Waals surface area contributed by atoms with E-state index in [9.17, 15) is 10.1 Å². The minimum Gasteiger partial charge on any atom is -0.494 e. The molecule has 0 bridgehead atoms. The van der Waals surface area contributed by atoms with E-state index in [1.54, 1.807) is 17.8 Å². The molecule has 3 saturated heterocycles. The Morgan fingerprint density at radius 1 is 1.15 bits per heavy atom. The van der Waals surface area contributed by atoms with Gasteiger partial charge in [0.25, 0.3) is 0 Å². The van der Waals surface area contributed by atoms with Crippen molar-refractivity contribution < 1.29 is 9.53 Å². The smallest absolute Gasteiger partial charge is 0.320 e. The second-order valence-corrected chi connectivity index (χ2v) is 9.15. The van der Waals surface area contributed by atoms with E-state index in [0.717, 1.165) is 56.7 Å². The molecule has 0 aliphatic carbocycles. The van der Waals surface area contributed by atoms with Crippen molar-refractivity contribution >= 4 is 11.5 Å². The molecule has 2 atom stereocenters. The van der Waals surface area contributed by atoms with Crippen molar-refractivity contribution in [2.24, 2.45) is 5.92 Å². The molecule has 3 aliphatic rings. The Morgan fingerprint density at radius 3 is 2.67 bits per heavy atom. The molecule has 33 heavy (non-hydrogen) atoms. The van der Waals surface area contributed by atoms with Gasteiger partial charge in [-0.25, -0.2) is 9.31 Å². The predicted octanol–water partition coefficient (Wildman–Crippen LogP) is 1.74. The number of aromatic nitrogens is 4. The van der Waals surface area contributed by atoms with Gasteiger partial charge in [-0.05, 0) is 18.9 Å². The van der Waals surface area contributed by atoms with Crippen LogP contribution in [-0.4, -0.2) is 81.1 Å². The number of likely N-dealkylation sites (tertiary alicyclic amines) is 2. The topological polar surface area (TPSA) is 104 Å². The fourth-order valence-corrected chi connectivity index (χ4v) is 5.30. The molecule has 2 amide bonds. The molecule has 3 aliphatic heterocycles. The van der Waals surface area contributed by atoms with Gasteiger partial charge in [-0.2, -0.15) is 15.5 Å². The number of pyridine rings is 1. The van der Waals surface area contributed by atoms with Gasteiger partial charge in [0.2, 0.25) is 0 Å². The fourth-order valence-electron chi connectivity index (χ4n) is 5.30. The minimum atomic E-state index is 0.183. The zero-order chi connectivity index (χ0) is 22.5. The van der Waals surface area contributed by atoms with Crippen molar-refractivity contribution in [1.82, 2.24) is 34.5 Å². The first kappa shape index (κ1) is 20.1. The second-order valence-electron chi connectivity index (χ2n) is 9.15. The number of piperidine rings is 1. The third-order valence-electron chi connectivity index (χ3n) is 7.31. The number of hydrogen-bond acceptors (Lipinski definition) is 6. The summed E-state index contributed by atoms with van der Waals surface area (Å²) >= 11 is 0. The highest BCUT2D eigenvalue weighted by Crippen LogP contribution is 2.31. The Kier molecular flexibility index (Phi) is 4.73. The van der Waals surface area contributed by atoms with Crippen molar-refractivity contribution in [1.29, 1.82) is 5.26 Å². The van der Waals surface area contributed by atoms with Crippen LogP contribution in [0.1, 0.15) is 24.4 Å². The number of urea groups is 1. The Balaban J connectivity index is 1.15. The maximum absolute atomic E-state index is 12.9. The molecule has 10 heteroatoms. The van der Waals surface area contributed by atoms with Crippen molar-refractivity contribution in [3.63, 3.8) is 0 Å². The van der Waals surface area contributed by atoms with Crippen LogP contribution < -0.4 is 10.1 Å². The number of nitrogens with zero attached hydrogens (tertiary/aromatic N) is 7. The number of carbonyl (C=O) groups excluding carboxylic acids is 1. The molecule has 1 N–H and O–H groups in total. The van der Waals surface area contributed by atoms with E-state index >= 15 is 0 Å². The number of amides is 2. The zero-order valence-corrected chi connectivity index (χ0v) is 18.5. The van der Waals surface area contributed by atoms with E-state index < -0.39 is 0 Å². The summed E-state index contributed by atoms with van der Waals surface area (Å²) in [5.74, 6) is 1.24. The molecule has 3 aromatic heterocycles. The van der Waals surface area contributed by atoms with Crippen LogP contribution in [0, 0.1) is 17.2 Å². The lowest BCUT2D eigenvalue weighted by molar-refractivity contribution is 0.138. The van der Waals surface area contributed by atoms with Crippen LogP contribution in [0.15, 0.2) is 30.9 Å². The Bertz CT molecular complexity index is 1240. The highest BCUT2D eigenvalue weighted by Gasteiger charge is 2.42. The lowest BCUT2D eigenvalue weighted by Gasteiger charge is -2.34. The summed E-state index contributed by atoms with van der Waals surface area (Å²) in [6.45, 7) is 4.27. The first-order valence-electron chi connectivity index (χ1n) is 11.4. The van der Waals surface area contributed by atoms with E-state index in [1.165, 1.54) is 0 Å². The van der Waals surface area contributed by atoms with Gasteiger partial charge in [-0.1, -0.05) is 0 Å². The SMILES string of the molecule is COc1cc(-c2cnn(C3CCN(C(=O)N4C[C@@H]5CN[C@@H]5C4)CC3)c2)cn2ncc(C#N)c12. The molecule has 3 fully saturated rings. The largest absolute Gasteiger partial charge is 0.494 e. The number of nitriles is 1. The quantitative estimate of drug-likeness (QED) is 0.657. The standard InChI is InChI=1S/C23H26N8O2/c1-33-21-6-15(12-31-22(21)16(7-24)9-27-31)17-10-26-30(13-17)19-2-4-28(5-3-19)23(32)29-11-18-8-25-20(18)14-29/h6,9-10,12-13,18-20,25H,2-5,8,11,14H2,1H3/t18-,20+/m0/s1. The summed E-state index contributed by atoms with van der Waals surface area (Å²) in [5, 5.41) is 21.6. The minimum absolute atomic E-state index is 0.183. The fraction of sp³-hybridized carbons (Fsp3) is 0.478. The monoisotopic (exact) mass is 446 g/mol.